The zero-order valence-electron chi connectivity index (χ0n) is 10.9. The third-order valence-corrected chi connectivity index (χ3v) is 2.75. The fourth-order valence-corrected chi connectivity index (χ4v) is 1.85. The summed E-state index contributed by atoms with van der Waals surface area (Å²) in [5, 5.41) is 3.18. The standard InChI is InChI=1S/C12H20N4O2/c1-3-17-11-4-5-13-12(15-11)14-8-10-9-16(2)6-7-18-10/h4-5,10H,3,6-9H2,1-2H3,(H,13,14,15). The number of ether oxygens (including phenoxy) is 2. The van der Waals surface area contributed by atoms with Gasteiger partial charge in [0.15, 0.2) is 0 Å². The summed E-state index contributed by atoms with van der Waals surface area (Å²) >= 11 is 0. The van der Waals surface area contributed by atoms with Gasteiger partial charge >= 0.3 is 0 Å². The Labute approximate surface area is 107 Å². The van der Waals surface area contributed by atoms with Gasteiger partial charge in [0.25, 0.3) is 0 Å². The van der Waals surface area contributed by atoms with Crippen molar-refractivity contribution in [2.24, 2.45) is 0 Å². The van der Waals surface area contributed by atoms with Crippen molar-refractivity contribution < 1.29 is 9.47 Å². The minimum absolute atomic E-state index is 0.183. The topological polar surface area (TPSA) is 59.5 Å². The third kappa shape index (κ3) is 3.82. The summed E-state index contributed by atoms with van der Waals surface area (Å²) in [6, 6.07) is 1.75. The van der Waals surface area contributed by atoms with Gasteiger partial charge in [-0.2, -0.15) is 4.98 Å². The van der Waals surface area contributed by atoms with Crippen molar-refractivity contribution in [2.75, 3.05) is 45.2 Å². The van der Waals surface area contributed by atoms with Crippen LogP contribution >= 0.6 is 0 Å². The molecule has 6 heteroatoms. The molecule has 1 atom stereocenters. The number of anilines is 1. The monoisotopic (exact) mass is 252 g/mol. The number of aromatic nitrogens is 2. The average molecular weight is 252 g/mol. The van der Waals surface area contributed by atoms with E-state index < -0.39 is 0 Å². The summed E-state index contributed by atoms with van der Waals surface area (Å²) in [6.07, 6.45) is 1.87. The van der Waals surface area contributed by atoms with Crippen molar-refractivity contribution in [3.8, 4) is 5.88 Å². The highest BCUT2D eigenvalue weighted by atomic mass is 16.5. The summed E-state index contributed by atoms with van der Waals surface area (Å²) in [6.45, 7) is 5.95. The Hall–Kier alpha value is -1.40. The van der Waals surface area contributed by atoms with Gasteiger partial charge in [0.1, 0.15) is 0 Å². The van der Waals surface area contributed by atoms with Crippen LogP contribution in [0.25, 0.3) is 0 Å². The van der Waals surface area contributed by atoms with Crippen molar-refractivity contribution in [1.82, 2.24) is 14.9 Å². The first-order valence-corrected chi connectivity index (χ1v) is 6.28. The molecule has 0 bridgehead atoms. The van der Waals surface area contributed by atoms with Gasteiger partial charge < -0.3 is 19.7 Å². The van der Waals surface area contributed by atoms with Crippen molar-refractivity contribution >= 4 is 5.95 Å². The van der Waals surface area contributed by atoms with Crippen LogP contribution in [0.4, 0.5) is 5.95 Å². The molecule has 100 valence electrons. The Balaban J connectivity index is 1.83. The fourth-order valence-electron chi connectivity index (χ4n) is 1.85. The summed E-state index contributed by atoms with van der Waals surface area (Å²) < 4.78 is 11.0. The predicted molar refractivity (Wildman–Crippen MR) is 68.9 cm³/mol. The fraction of sp³-hybridized carbons (Fsp3) is 0.667. The molecule has 1 N–H and O–H groups in total. The molecule has 18 heavy (non-hydrogen) atoms. The van der Waals surface area contributed by atoms with Gasteiger partial charge in [-0.1, -0.05) is 0 Å². The lowest BCUT2D eigenvalue weighted by atomic mass is 10.3. The first-order valence-electron chi connectivity index (χ1n) is 6.28. The largest absolute Gasteiger partial charge is 0.478 e. The van der Waals surface area contributed by atoms with E-state index in [1.807, 2.05) is 6.92 Å². The van der Waals surface area contributed by atoms with Gasteiger partial charge in [-0.3, -0.25) is 0 Å². The summed E-state index contributed by atoms with van der Waals surface area (Å²) in [5.74, 6) is 1.18. The predicted octanol–water partition coefficient (Wildman–Crippen LogP) is 0.618. The maximum absolute atomic E-state index is 5.66. The van der Waals surface area contributed by atoms with E-state index in [2.05, 4.69) is 27.2 Å². The van der Waals surface area contributed by atoms with E-state index in [-0.39, 0.29) is 6.10 Å². The Morgan fingerprint density at radius 3 is 3.28 bits per heavy atom. The van der Waals surface area contributed by atoms with Crippen LogP contribution in [0.2, 0.25) is 0 Å². The van der Waals surface area contributed by atoms with Crippen LogP contribution in [0.3, 0.4) is 0 Å². The number of hydrogen-bond donors (Lipinski definition) is 1. The Bertz CT molecular complexity index is 375. The molecule has 6 nitrogen and oxygen atoms in total. The maximum atomic E-state index is 5.66. The zero-order chi connectivity index (χ0) is 12.8. The molecule has 1 fully saturated rings. The molecule has 2 rings (SSSR count). The molecule has 0 aromatic carbocycles. The lowest BCUT2D eigenvalue weighted by molar-refractivity contribution is -0.0118. The van der Waals surface area contributed by atoms with Crippen LogP contribution in [-0.4, -0.2) is 60.9 Å². The quantitative estimate of drug-likeness (QED) is 0.829. The molecule has 0 saturated carbocycles. The SMILES string of the molecule is CCOc1ccnc(NCC2CN(C)CCO2)n1. The van der Waals surface area contributed by atoms with Crippen LogP contribution in [-0.2, 0) is 4.74 Å². The highest BCUT2D eigenvalue weighted by Crippen LogP contribution is 2.09. The van der Waals surface area contributed by atoms with Crippen LogP contribution in [0.5, 0.6) is 5.88 Å². The second-order valence-corrected chi connectivity index (χ2v) is 4.29. The summed E-state index contributed by atoms with van der Waals surface area (Å²) in [5.41, 5.74) is 0. The molecule has 0 aliphatic carbocycles. The van der Waals surface area contributed by atoms with Gasteiger partial charge in [0, 0.05) is 31.9 Å². The van der Waals surface area contributed by atoms with Crippen molar-refractivity contribution in [2.45, 2.75) is 13.0 Å². The number of morpholine rings is 1. The number of rotatable bonds is 5. The normalized spacial score (nSPS) is 20.7. The second-order valence-electron chi connectivity index (χ2n) is 4.29. The molecule has 1 aliphatic heterocycles. The van der Waals surface area contributed by atoms with E-state index in [4.69, 9.17) is 9.47 Å². The lowest BCUT2D eigenvalue weighted by Crippen LogP contribution is -2.43. The van der Waals surface area contributed by atoms with Crippen molar-refractivity contribution in [3.05, 3.63) is 12.3 Å². The van der Waals surface area contributed by atoms with E-state index in [0.717, 1.165) is 19.7 Å². The van der Waals surface area contributed by atoms with Crippen molar-refractivity contribution in [1.29, 1.82) is 0 Å². The van der Waals surface area contributed by atoms with E-state index in [1.165, 1.54) is 0 Å². The van der Waals surface area contributed by atoms with Gasteiger partial charge in [0.05, 0.1) is 19.3 Å². The highest BCUT2D eigenvalue weighted by Gasteiger charge is 2.17. The van der Waals surface area contributed by atoms with Crippen LogP contribution in [0.15, 0.2) is 12.3 Å². The summed E-state index contributed by atoms with van der Waals surface area (Å²) in [7, 11) is 2.10. The third-order valence-electron chi connectivity index (χ3n) is 2.75. The van der Waals surface area contributed by atoms with Gasteiger partial charge in [-0.15, -0.1) is 0 Å². The molecule has 1 aromatic rings. The minimum atomic E-state index is 0.183. The smallest absolute Gasteiger partial charge is 0.226 e. The maximum Gasteiger partial charge on any atom is 0.226 e. The van der Waals surface area contributed by atoms with E-state index >= 15 is 0 Å². The molecule has 0 radical (unpaired) electrons. The van der Waals surface area contributed by atoms with Crippen LogP contribution < -0.4 is 10.1 Å². The van der Waals surface area contributed by atoms with Crippen LogP contribution in [0.1, 0.15) is 6.92 Å². The molecule has 0 spiro atoms. The number of nitrogens with zero attached hydrogens (tertiary/aromatic N) is 3. The molecule has 1 saturated heterocycles. The van der Waals surface area contributed by atoms with E-state index in [0.29, 0.717) is 25.0 Å². The molecule has 2 heterocycles. The average Bonchev–Trinajstić information content (AvgIpc) is 2.37. The van der Waals surface area contributed by atoms with Crippen LogP contribution in [0, 0.1) is 0 Å². The van der Waals surface area contributed by atoms with E-state index in [9.17, 15) is 0 Å². The van der Waals surface area contributed by atoms with Crippen molar-refractivity contribution in [3.63, 3.8) is 0 Å². The Morgan fingerprint density at radius 2 is 2.50 bits per heavy atom. The second kappa shape index (κ2) is 6.51. The number of hydrogen-bond acceptors (Lipinski definition) is 6. The summed E-state index contributed by atoms with van der Waals surface area (Å²) in [4.78, 5) is 10.7. The molecule has 0 amide bonds. The van der Waals surface area contributed by atoms with Gasteiger partial charge in [-0.05, 0) is 14.0 Å². The molecular weight excluding hydrogens is 232 g/mol. The molecule has 1 aromatic heterocycles. The Kier molecular flexibility index (Phi) is 4.72. The first kappa shape index (κ1) is 13.0. The zero-order valence-corrected chi connectivity index (χ0v) is 10.9. The van der Waals surface area contributed by atoms with E-state index in [1.54, 1.807) is 12.3 Å². The minimum Gasteiger partial charge on any atom is -0.478 e. The lowest BCUT2D eigenvalue weighted by Gasteiger charge is -2.30. The number of nitrogens with one attached hydrogen (secondary N) is 1. The number of likely N-dealkylation sites (N-methyl/N-ethyl adjacent to an activating group) is 1. The van der Waals surface area contributed by atoms with Gasteiger partial charge in [-0.25, -0.2) is 4.98 Å². The van der Waals surface area contributed by atoms with Gasteiger partial charge in [0.2, 0.25) is 11.8 Å². The molecule has 1 aliphatic rings. The molecular formula is C12H20N4O2. The highest BCUT2D eigenvalue weighted by molar-refractivity contribution is 5.27. The molecule has 1 unspecified atom stereocenters. The first-order chi connectivity index (χ1) is 8.78. The Morgan fingerprint density at radius 1 is 1.61 bits per heavy atom.